The molecule has 4 amide bonds. The minimum absolute atomic E-state index is 0.134. The minimum atomic E-state index is -4.35. The highest BCUT2D eigenvalue weighted by atomic mass is 32.2. The molecule has 2 aromatic rings. The summed E-state index contributed by atoms with van der Waals surface area (Å²) in [7, 11) is -4.35. The van der Waals surface area contributed by atoms with Crippen LogP contribution in [0.5, 0.6) is 0 Å². The van der Waals surface area contributed by atoms with Crippen molar-refractivity contribution >= 4 is 53.9 Å². The van der Waals surface area contributed by atoms with Crippen LogP contribution in [0.2, 0.25) is 0 Å². The van der Waals surface area contributed by atoms with Crippen LogP contribution in [0.25, 0.3) is 10.8 Å². The Hall–Kier alpha value is -3.12. The van der Waals surface area contributed by atoms with Crippen LogP contribution in [0.4, 0.5) is 4.79 Å². The van der Waals surface area contributed by atoms with Crippen LogP contribution in [-0.2, 0) is 30.1 Å². The van der Waals surface area contributed by atoms with Gasteiger partial charge in [0.05, 0.1) is 12.1 Å². The Bertz CT molecular complexity index is 1320. The summed E-state index contributed by atoms with van der Waals surface area (Å²) < 4.78 is 16.6. The molecule has 0 unspecified atom stereocenters. The van der Waals surface area contributed by atoms with Gasteiger partial charge in [0.25, 0.3) is 0 Å². The Morgan fingerprint density at radius 1 is 1.07 bits per heavy atom. The van der Waals surface area contributed by atoms with Crippen LogP contribution in [0.15, 0.2) is 42.5 Å². The molecule has 0 radical (unpaired) electrons. The second-order valence-corrected chi connectivity index (χ2v) is 13.7. The van der Waals surface area contributed by atoms with Crippen molar-refractivity contribution in [2.75, 3.05) is 24.4 Å². The molecule has 3 rings (SSSR count). The number of alkyl carbamates (subject to hydrolysis) is 1. The molecule has 12 nitrogen and oxygen atoms in total. The van der Waals surface area contributed by atoms with Crippen LogP contribution in [0.1, 0.15) is 51.0 Å². The summed E-state index contributed by atoms with van der Waals surface area (Å²) in [5.74, 6) is -1.96. The van der Waals surface area contributed by atoms with Gasteiger partial charge < -0.3 is 35.8 Å². The fraction of sp³-hybridized carbons (Fsp3) is 0.517. The number of ether oxygens (including phenoxy) is 1. The number of primary amides is 1. The lowest BCUT2D eigenvalue weighted by molar-refractivity contribution is -0.144. The van der Waals surface area contributed by atoms with Gasteiger partial charge in [-0.1, -0.05) is 62.2 Å². The first-order valence-electron chi connectivity index (χ1n) is 14.4. The molecule has 1 aliphatic rings. The number of likely N-dealkylation sites (tertiary alicyclic amines) is 1. The maximum absolute atomic E-state index is 13.7. The molecule has 0 aliphatic carbocycles. The SMILES string of the molecule is CCCCCOC(=O)N[C@@H](CSCP(=O)(O)O)C(=O)N1CCCC[C@H]1C(=O)N[C@@H](Cc1ccc2ccccc2c1)C(N)=O. The molecule has 6 N–H and O–H groups in total. The summed E-state index contributed by atoms with van der Waals surface area (Å²) in [5.41, 5.74) is 5.93. The van der Waals surface area contributed by atoms with Crippen molar-refractivity contribution in [1.29, 1.82) is 0 Å². The Morgan fingerprint density at radius 3 is 2.51 bits per heavy atom. The van der Waals surface area contributed by atoms with Gasteiger partial charge in [-0.3, -0.25) is 18.9 Å². The Kier molecular flexibility index (Phi) is 13.3. The highest BCUT2D eigenvalue weighted by Crippen LogP contribution is 2.38. The van der Waals surface area contributed by atoms with Crippen LogP contribution in [0.3, 0.4) is 0 Å². The Labute approximate surface area is 255 Å². The largest absolute Gasteiger partial charge is 0.450 e. The van der Waals surface area contributed by atoms with E-state index in [1.54, 1.807) is 0 Å². The van der Waals surface area contributed by atoms with Gasteiger partial charge in [0.2, 0.25) is 17.7 Å². The van der Waals surface area contributed by atoms with Gasteiger partial charge in [-0.05, 0) is 42.0 Å². The maximum Gasteiger partial charge on any atom is 0.407 e. The molecule has 1 fully saturated rings. The summed E-state index contributed by atoms with van der Waals surface area (Å²) in [5, 5.41) is 7.25. The average Bonchev–Trinajstić information content (AvgIpc) is 2.97. The lowest BCUT2D eigenvalue weighted by Gasteiger charge is -2.37. The van der Waals surface area contributed by atoms with Crippen molar-refractivity contribution in [3.05, 3.63) is 48.0 Å². The predicted molar refractivity (Wildman–Crippen MR) is 165 cm³/mol. The maximum atomic E-state index is 13.7. The molecule has 2 aromatic carbocycles. The molecule has 0 aromatic heterocycles. The standard InChI is InChI=1S/C29H41N4O8PS/c1-2-3-8-15-41-29(37)32-24(18-43-19-42(38,39)40)28(36)33-14-7-6-11-25(33)27(35)31-23(26(30)34)17-20-12-13-21-9-4-5-10-22(21)16-20/h4-5,9-10,12-13,16,23-25H,2-3,6-8,11,14-15,17-19H2,1H3,(H2,30,34)(H,31,35)(H,32,37)(H2,38,39,40)/t23-,24-,25-/m0/s1. The lowest BCUT2D eigenvalue weighted by Crippen LogP contribution is -2.60. The predicted octanol–water partition coefficient (Wildman–Crippen LogP) is 2.89. The first-order chi connectivity index (χ1) is 20.5. The number of rotatable bonds is 15. The third kappa shape index (κ3) is 11.1. The van der Waals surface area contributed by atoms with Crippen molar-refractivity contribution in [1.82, 2.24) is 15.5 Å². The van der Waals surface area contributed by atoms with Crippen molar-refractivity contribution in [3.63, 3.8) is 0 Å². The number of thioether (sulfide) groups is 1. The van der Waals surface area contributed by atoms with Gasteiger partial charge in [0.1, 0.15) is 18.1 Å². The zero-order chi connectivity index (χ0) is 31.4. The van der Waals surface area contributed by atoms with Crippen molar-refractivity contribution in [3.8, 4) is 0 Å². The first-order valence-corrected chi connectivity index (χ1v) is 17.4. The van der Waals surface area contributed by atoms with Crippen LogP contribution in [-0.4, -0.2) is 81.0 Å². The number of hydrogen-bond donors (Lipinski definition) is 5. The number of nitrogens with one attached hydrogen (secondary N) is 2. The van der Waals surface area contributed by atoms with Gasteiger partial charge in [0.15, 0.2) is 0 Å². The number of benzene rings is 2. The number of nitrogens with zero attached hydrogens (tertiary/aromatic N) is 1. The molecule has 1 aliphatic heterocycles. The topological polar surface area (TPSA) is 188 Å². The van der Waals surface area contributed by atoms with Crippen molar-refractivity contribution in [2.45, 2.75) is 70.0 Å². The van der Waals surface area contributed by atoms with E-state index in [4.69, 9.17) is 10.5 Å². The van der Waals surface area contributed by atoms with Crippen LogP contribution < -0.4 is 16.4 Å². The van der Waals surface area contributed by atoms with E-state index in [1.165, 1.54) is 4.90 Å². The zero-order valence-electron chi connectivity index (χ0n) is 24.3. The van der Waals surface area contributed by atoms with E-state index in [-0.39, 0.29) is 25.3 Å². The minimum Gasteiger partial charge on any atom is -0.450 e. The fourth-order valence-corrected chi connectivity index (χ4v) is 6.76. The molecule has 0 saturated carbocycles. The second-order valence-electron chi connectivity index (χ2n) is 10.6. The number of nitrogens with two attached hydrogens (primary N) is 1. The number of fused-ring (bicyclic) bond motifs is 1. The highest BCUT2D eigenvalue weighted by Gasteiger charge is 2.37. The lowest BCUT2D eigenvalue weighted by atomic mass is 9.98. The summed E-state index contributed by atoms with van der Waals surface area (Å²) in [4.78, 5) is 71.9. The normalized spacial score (nSPS) is 16.7. The van der Waals surface area contributed by atoms with E-state index in [2.05, 4.69) is 10.6 Å². The summed E-state index contributed by atoms with van der Waals surface area (Å²) in [6.07, 6.45) is 3.42. The Morgan fingerprint density at radius 2 is 1.81 bits per heavy atom. The van der Waals surface area contributed by atoms with Gasteiger partial charge in [0, 0.05) is 18.7 Å². The third-order valence-corrected chi connectivity index (χ3v) is 9.76. The number of hydrogen-bond acceptors (Lipinski definition) is 7. The molecule has 1 heterocycles. The average molecular weight is 637 g/mol. The molecule has 43 heavy (non-hydrogen) atoms. The van der Waals surface area contributed by atoms with E-state index >= 15 is 0 Å². The molecule has 0 spiro atoms. The molecule has 14 heteroatoms. The van der Waals surface area contributed by atoms with Gasteiger partial charge in [-0.25, -0.2) is 4.79 Å². The molecule has 1 saturated heterocycles. The summed E-state index contributed by atoms with van der Waals surface area (Å²) >= 11 is 0.818. The van der Waals surface area contributed by atoms with Crippen LogP contribution in [0, 0.1) is 0 Å². The molecular formula is C29H41N4O8PS. The quantitative estimate of drug-likeness (QED) is 0.145. The van der Waals surface area contributed by atoms with E-state index < -0.39 is 55.0 Å². The molecule has 3 atom stereocenters. The van der Waals surface area contributed by atoms with Gasteiger partial charge >= 0.3 is 13.7 Å². The molecule has 236 valence electrons. The van der Waals surface area contributed by atoms with E-state index in [1.807, 2.05) is 49.4 Å². The molecular weight excluding hydrogens is 595 g/mol. The van der Waals surface area contributed by atoms with E-state index in [0.29, 0.717) is 25.7 Å². The monoisotopic (exact) mass is 636 g/mol. The van der Waals surface area contributed by atoms with Crippen LogP contribution >= 0.6 is 19.4 Å². The second kappa shape index (κ2) is 16.7. The van der Waals surface area contributed by atoms with Crippen molar-refractivity contribution in [2.24, 2.45) is 5.73 Å². The molecule has 0 bridgehead atoms. The van der Waals surface area contributed by atoms with Gasteiger partial charge in [-0.15, -0.1) is 11.8 Å². The van der Waals surface area contributed by atoms with E-state index in [0.717, 1.165) is 40.9 Å². The summed E-state index contributed by atoms with van der Waals surface area (Å²) in [6, 6.07) is 10.4. The van der Waals surface area contributed by atoms with Gasteiger partial charge in [-0.2, -0.15) is 0 Å². The smallest absolute Gasteiger partial charge is 0.407 e. The number of carbonyl (C=O) groups excluding carboxylic acids is 4. The Balaban J connectivity index is 1.72. The number of piperidine rings is 1. The van der Waals surface area contributed by atoms with Crippen molar-refractivity contribution < 1.29 is 38.3 Å². The first kappa shape index (κ1) is 34.4. The fourth-order valence-electron chi connectivity index (χ4n) is 4.93. The zero-order valence-corrected chi connectivity index (χ0v) is 26.0. The van der Waals surface area contributed by atoms with E-state index in [9.17, 15) is 33.5 Å². The summed E-state index contributed by atoms with van der Waals surface area (Å²) in [6.45, 7) is 2.40. The third-order valence-electron chi connectivity index (χ3n) is 7.12. The number of carbonyl (C=O) groups is 4. The number of unbranched alkanes of at least 4 members (excludes halogenated alkanes) is 2. The highest BCUT2D eigenvalue weighted by molar-refractivity contribution is 8.04. The number of amides is 4.